The fraction of sp³-hybridized carbons (Fsp3) is 0.250. The Kier molecular flexibility index (Phi) is 2.32. The maximum absolute atomic E-state index is 11.4. The van der Waals surface area contributed by atoms with E-state index in [1.54, 1.807) is 6.07 Å². The van der Waals surface area contributed by atoms with Crippen LogP contribution in [0.3, 0.4) is 0 Å². The van der Waals surface area contributed by atoms with Crippen molar-refractivity contribution in [2.45, 2.75) is 20.4 Å². The number of nitrogens with two attached hydrogens (primary N) is 1. The molecule has 0 aliphatic carbocycles. The number of aryl methyl sites for hydroxylation is 2. The van der Waals surface area contributed by atoms with Crippen LogP contribution in [0.1, 0.15) is 16.7 Å². The Labute approximate surface area is 87.9 Å². The molecule has 0 spiro atoms. The van der Waals surface area contributed by atoms with Gasteiger partial charge in [-0.1, -0.05) is 6.07 Å². The Balaban J connectivity index is 2.96. The van der Waals surface area contributed by atoms with Crippen LogP contribution in [0.25, 0.3) is 10.9 Å². The smallest absolute Gasteiger partial charge is 0.248 e. The summed E-state index contributed by atoms with van der Waals surface area (Å²) in [5.74, 6) is 0. The van der Waals surface area contributed by atoms with Crippen LogP contribution in [0, 0.1) is 13.8 Å². The monoisotopic (exact) mass is 202 g/mol. The lowest BCUT2D eigenvalue weighted by Gasteiger charge is -2.08. The molecule has 0 bridgehead atoms. The lowest BCUT2D eigenvalue weighted by Crippen LogP contribution is -2.10. The summed E-state index contributed by atoms with van der Waals surface area (Å²) in [6.45, 7) is 4.44. The SMILES string of the molecule is Cc1cc(C)c2c(CN)cc(=O)[nH]c2c1. The summed E-state index contributed by atoms with van der Waals surface area (Å²) in [7, 11) is 0. The van der Waals surface area contributed by atoms with Gasteiger partial charge in [0.2, 0.25) is 5.56 Å². The molecule has 0 fully saturated rings. The summed E-state index contributed by atoms with van der Waals surface area (Å²) in [4.78, 5) is 14.2. The highest BCUT2D eigenvalue weighted by Crippen LogP contribution is 2.20. The first-order chi connectivity index (χ1) is 7.11. The average molecular weight is 202 g/mol. The number of nitrogens with one attached hydrogen (secondary N) is 1. The molecule has 3 heteroatoms. The molecule has 0 aliphatic rings. The zero-order valence-electron chi connectivity index (χ0n) is 8.92. The highest BCUT2D eigenvalue weighted by molar-refractivity contribution is 5.85. The van der Waals surface area contributed by atoms with E-state index in [4.69, 9.17) is 5.73 Å². The van der Waals surface area contributed by atoms with Gasteiger partial charge in [-0.3, -0.25) is 4.79 Å². The molecule has 0 saturated carbocycles. The van der Waals surface area contributed by atoms with Gasteiger partial charge in [0, 0.05) is 23.5 Å². The summed E-state index contributed by atoms with van der Waals surface area (Å²) in [5, 5.41) is 1.07. The fourth-order valence-electron chi connectivity index (χ4n) is 2.05. The van der Waals surface area contributed by atoms with Crippen molar-refractivity contribution in [3.63, 3.8) is 0 Å². The Morgan fingerprint density at radius 3 is 2.67 bits per heavy atom. The fourth-order valence-corrected chi connectivity index (χ4v) is 2.05. The van der Waals surface area contributed by atoms with Gasteiger partial charge in [-0.15, -0.1) is 0 Å². The van der Waals surface area contributed by atoms with E-state index in [1.807, 2.05) is 19.9 Å². The van der Waals surface area contributed by atoms with E-state index in [9.17, 15) is 4.79 Å². The Morgan fingerprint density at radius 1 is 1.27 bits per heavy atom. The summed E-state index contributed by atoms with van der Waals surface area (Å²) < 4.78 is 0. The van der Waals surface area contributed by atoms with E-state index < -0.39 is 0 Å². The van der Waals surface area contributed by atoms with E-state index in [2.05, 4.69) is 11.1 Å². The third kappa shape index (κ3) is 1.66. The van der Waals surface area contributed by atoms with Gasteiger partial charge in [-0.25, -0.2) is 0 Å². The normalized spacial score (nSPS) is 10.9. The third-order valence-corrected chi connectivity index (χ3v) is 2.58. The van der Waals surface area contributed by atoms with Crippen LogP contribution in [0.4, 0.5) is 0 Å². The predicted octanol–water partition coefficient (Wildman–Crippen LogP) is 1.60. The topological polar surface area (TPSA) is 58.9 Å². The van der Waals surface area contributed by atoms with Gasteiger partial charge in [-0.2, -0.15) is 0 Å². The molecule has 1 heterocycles. The van der Waals surface area contributed by atoms with E-state index in [-0.39, 0.29) is 5.56 Å². The molecule has 78 valence electrons. The highest BCUT2D eigenvalue weighted by atomic mass is 16.1. The van der Waals surface area contributed by atoms with Gasteiger partial charge in [-0.05, 0) is 36.6 Å². The third-order valence-electron chi connectivity index (χ3n) is 2.58. The molecule has 3 nitrogen and oxygen atoms in total. The van der Waals surface area contributed by atoms with Crippen LogP contribution in [0.5, 0.6) is 0 Å². The highest BCUT2D eigenvalue weighted by Gasteiger charge is 2.05. The Morgan fingerprint density at radius 2 is 2.00 bits per heavy atom. The molecule has 1 aromatic carbocycles. The molecule has 2 rings (SSSR count). The van der Waals surface area contributed by atoms with Gasteiger partial charge in [0.25, 0.3) is 0 Å². The second-order valence-electron chi connectivity index (χ2n) is 3.87. The number of rotatable bonds is 1. The van der Waals surface area contributed by atoms with Gasteiger partial charge in [0.15, 0.2) is 0 Å². The maximum atomic E-state index is 11.4. The molecule has 3 N–H and O–H groups in total. The molecular formula is C12H14N2O. The molecule has 15 heavy (non-hydrogen) atoms. The number of fused-ring (bicyclic) bond motifs is 1. The molecular weight excluding hydrogens is 188 g/mol. The maximum Gasteiger partial charge on any atom is 0.248 e. The van der Waals surface area contributed by atoms with Crippen LogP contribution < -0.4 is 11.3 Å². The number of hydrogen-bond donors (Lipinski definition) is 2. The predicted molar refractivity (Wildman–Crippen MR) is 61.9 cm³/mol. The molecule has 0 amide bonds. The molecule has 0 unspecified atom stereocenters. The van der Waals surface area contributed by atoms with Crippen molar-refractivity contribution in [3.05, 3.63) is 45.2 Å². The minimum Gasteiger partial charge on any atom is -0.326 e. The van der Waals surface area contributed by atoms with E-state index in [1.165, 1.54) is 0 Å². The van der Waals surface area contributed by atoms with Crippen LogP contribution in [-0.4, -0.2) is 4.98 Å². The van der Waals surface area contributed by atoms with Crippen LogP contribution in [0.15, 0.2) is 23.0 Å². The second kappa shape index (κ2) is 3.51. The summed E-state index contributed by atoms with van der Waals surface area (Å²) >= 11 is 0. The number of H-pyrrole nitrogens is 1. The van der Waals surface area contributed by atoms with Crippen molar-refractivity contribution in [2.75, 3.05) is 0 Å². The minimum atomic E-state index is -0.0899. The van der Waals surface area contributed by atoms with Crippen LogP contribution in [0.2, 0.25) is 0 Å². The van der Waals surface area contributed by atoms with Crippen molar-refractivity contribution in [2.24, 2.45) is 5.73 Å². The Hall–Kier alpha value is -1.61. The van der Waals surface area contributed by atoms with Crippen molar-refractivity contribution in [1.29, 1.82) is 0 Å². The zero-order valence-corrected chi connectivity index (χ0v) is 8.92. The van der Waals surface area contributed by atoms with Gasteiger partial charge >= 0.3 is 0 Å². The minimum absolute atomic E-state index is 0.0899. The van der Waals surface area contributed by atoms with Crippen molar-refractivity contribution < 1.29 is 0 Å². The first-order valence-electron chi connectivity index (χ1n) is 4.95. The van der Waals surface area contributed by atoms with Crippen molar-refractivity contribution in [3.8, 4) is 0 Å². The quantitative estimate of drug-likeness (QED) is 0.738. The lowest BCUT2D eigenvalue weighted by atomic mass is 10.0. The Bertz CT molecular complexity index is 570. The summed E-state index contributed by atoms with van der Waals surface area (Å²) in [6.07, 6.45) is 0. The molecule has 0 saturated heterocycles. The molecule has 0 aliphatic heterocycles. The van der Waals surface area contributed by atoms with Crippen LogP contribution in [-0.2, 0) is 6.54 Å². The summed E-state index contributed by atoms with van der Waals surface area (Å²) in [6, 6.07) is 5.65. The average Bonchev–Trinajstić information content (AvgIpc) is 2.14. The molecule has 0 atom stereocenters. The van der Waals surface area contributed by atoms with Crippen molar-refractivity contribution in [1.82, 2.24) is 4.98 Å². The summed E-state index contributed by atoms with van der Waals surface area (Å²) in [5.41, 5.74) is 9.63. The molecule has 0 radical (unpaired) electrons. The molecule has 2 aromatic rings. The number of benzene rings is 1. The molecule has 1 aromatic heterocycles. The zero-order chi connectivity index (χ0) is 11.0. The number of pyridine rings is 1. The van der Waals surface area contributed by atoms with E-state index in [0.29, 0.717) is 6.54 Å². The largest absolute Gasteiger partial charge is 0.326 e. The lowest BCUT2D eigenvalue weighted by molar-refractivity contribution is 1.07. The van der Waals surface area contributed by atoms with Crippen molar-refractivity contribution >= 4 is 10.9 Å². The van der Waals surface area contributed by atoms with Crippen LogP contribution >= 0.6 is 0 Å². The standard InChI is InChI=1S/C12H14N2O/c1-7-3-8(2)12-9(6-13)5-11(15)14-10(12)4-7/h3-5H,6,13H2,1-2H3,(H,14,15). The number of aromatic nitrogens is 1. The first kappa shape index (κ1) is 9.93. The first-order valence-corrected chi connectivity index (χ1v) is 4.95. The number of aromatic amines is 1. The van der Waals surface area contributed by atoms with Gasteiger partial charge in [0.1, 0.15) is 0 Å². The van der Waals surface area contributed by atoms with Gasteiger partial charge < -0.3 is 10.7 Å². The van der Waals surface area contributed by atoms with E-state index >= 15 is 0 Å². The van der Waals surface area contributed by atoms with E-state index in [0.717, 1.165) is 27.6 Å². The second-order valence-corrected chi connectivity index (χ2v) is 3.87. The number of hydrogen-bond acceptors (Lipinski definition) is 2. The van der Waals surface area contributed by atoms with Gasteiger partial charge in [0.05, 0.1) is 0 Å².